The summed E-state index contributed by atoms with van der Waals surface area (Å²) in [6, 6.07) is 16.4. The SMILES string of the molecule is CNC(CCC1CC1)(c1cccc(C#N)c1)c1ccc(P)c(N)c1. The number of nitrogens with zero attached hydrogens (tertiary/aromatic N) is 1. The van der Waals surface area contributed by atoms with Crippen LogP contribution in [0.15, 0.2) is 42.5 Å². The minimum Gasteiger partial charge on any atom is -0.398 e. The van der Waals surface area contributed by atoms with E-state index < -0.39 is 0 Å². The molecule has 4 heteroatoms. The second-order valence-electron chi connectivity index (χ2n) is 6.67. The van der Waals surface area contributed by atoms with Crippen LogP contribution in [0.1, 0.15) is 42.4 Å². The van der Waals surface area contributed by atoms with E-state index in [2.05, 4.69) is 38.8 Å². The number of benzene rings is 2. The summed E-state index contributed by atoms with van der Waals surface area (Å²) in [7, 11) is 4.67. The molecule has 0 saturated heterocycles. The van der Waals surface area contributed by atoms with E-state index in [1.54, 1.807) is 0 Å². The highest BCUT2D eigenvalue weighted by atomic mass is 31.0. The van der Waals surface area contributed by atoms with Crippen molar-refractivity contribution in [3.8, 4) is 6.07 Å². The van der Waals surface area contributed by atoms with Gasteiger partial charge < -0.3 is 11.1 Å². The number of nitrogens with one attached hydrogen (secondary N) is 1. The molecule has 0 amide bonds. The van der Waals surface area contributed by atoms with Crippen LogP contribution in [0.25, 0.3) is 0 Å². The fourth-order valence-corrected chi connectivity index (χ4v) is 3.57. The Balaban J connectivity index is 2.10. The van der Waals surface area contributed by atoms with E-state index in [4.69, 9.17) is 5.73 Å². The fraction of sp³-hybridized carbons (Fsp3) is 0.350. The highest BCUT2D eigenvalue weighted by molar-refractivity contribution is 7.28. The van der Waals surface area contributed by atoms with Gasteiger partial charge >= 0.3 is 0 Å². The van der Waals surface area contributed by atoms with Crippen molar-refractivity contribution in [2.45, 2.75) is 31.2 Å². The number of anilines is 1. The first-order valence-corrected chi connectivity index (χ1v) is 9.02. The molecule has 3 N–H and O–H groups in total. The molecule has 1 fully saturated rings. The number of hydrogen-bond donors (Lipinski definition) is 2. The Morgan fingerprint density at radius 3 is 2.62 bits per heavy atom. The van der Waals surface area contributed by atoms with Gasteiger partial charge in [-0.1, -0.05) is 37.1 Å². The van der Waals surface area contributed by atoms with Crippen LogP contribution in [0.2, 0.25) is 0 Å². The van der Waals surface area contributed by atoms with Crippen LogP contribution in [0, 0.1) is 17.2 Å². The molecular weight excluding hydrogens is 313 g/mol. The summed E-state index contributed by atoms with van der Waals surface area (Å²) in [6.07, 6.45) is 4.86. The Hall–Kier alpha value is -1.88. The van der Waals surface area contributed by atoms with Crippen molar-refractivity contribution >= 4 is 20.2 Å². The van der Waals surface area contributed by atoms with Crippen LogP contribution in [-0.2, 0) is 5.54 Å². The smallest absolute Gasteiger partial charge is 0.0991 e. The molecule has 24 heavy (non-hydrogen) atoms. The van der Waals surface area contributed by atoms with Gasteiger partial charge in [0.15, 0.2) is 0 Å². The molecule has 0 aromatic heterocycles. The summed E-state index contributed by atoms with van der Waals surface area (Å²) < 4.78 is 0. The Kier molecular flexibility index (Phi) is 4.90. The van der Waals surface area contributed by atoms with Crippen molar-refractivity contribution in [3.63, 3.8) is 0 Å². The second-order valence-corrected chi connectivity index (χ2v) is 7.30. The molecule has 3 nitrogen and oxygen atoms in total. The van der Waals surface area contributed by atoms with Crippen molar-refractivity contribution in [1.29, 1.82) is 5.26 Å². The van der Waals surface area contributed by atoms with Crippen molar-refractivity contribution in [3.05, 3.63) is 59.2 Å². The topological polar surface area (TPSA) is 61.8 Å². The third kappa shape index (κ3) is 3.31. The van der Waals surface area contributed by atoms with Gasteiger partial charge in [-0.15, -0.1) is 9.24 Å². The molecule has 2 aromatic carbocycles. The van der Waals surface area contributed by atoms with Gasteiger partial charge in [0.1, 0.15) is 0 Å². The van der Waals surface area contributed by atoms with Crippen LogP contribution in [0.4, 0.5) is 5.69 Å². The molecule has 0 heterocycles. The summed E-state index contributed by atoms with van der Waals surface area (Å²) in [5.74, 6) is 0.843. The van der Waals surface area contributed by atoms with Crippen LogP contribution >= 0.6 is 9.24 Å². The van der Waals surface area contributed by atoms with E-state index in [-0.39, 0.29) is 5.54 Å². The Morgan fingerprint density at radius 1 is 1.25 bits per heavy atom. The van der Waals surface area contributed by atoms with Crippen molar-refractivity contribution in [1.82, 2.24) is 5.32 Å². The molecule has 1 aliphatic rings. The lowest BCUT2D eigenvalue weighted by atomic mass is 9.78. The first-order valence-electron chi connectivity index (χ1n) is 8.44. The largest absolute Gasteiger partial charge is 0.398 e. The second kappa shape index (κ2) is 6.93. The highest BCUT2D eigenvalue weighted by Gasteiger charge is 2.35. The van der Waals surface area contributed by atoms with Crippen molar-refractivity contribution < 1.29 is 0 Å². The van der Waals surface area contributed by atoms with E-state index in [9.17, 15) is 5.26 Å². The summed E-state index contributed by atoms with van der Waals surface area (Å²) in [4.78, 5) is 0. The molecule has 1 aliphatic carbocycles. The Bertz CT molecular complexity index is 777. The number of nitriles is 1. The third-order valence-corrected chi connectivity index (χ3v) is 5.64. The summed E-state index contributed by atoms with van der Waals surface area (Å²) in [6.45, 7) is 0. The van der Waals surface area contributed by atoms with E-state index in [1.807, 2.05) is 31.3 Å². The number of nitrogen functional groups attached to an aromatic ring is 1. The molecular formula is C20H24N3P. The zero-order chi connectivity index (χ0) is 17.2. The van der Waals surface area contributed by atoms with Gasteiger partial charge in [0, 0.05) is 5.69 Å². The molecule has 0 aliphatic heterocycles. The quantitative estimate of drug-likeness (QED) is 0.628. The molecule has 1 saturated carbocycles. The first-order chi connectivity index (χ1) is 11.6. The summed E-state index contributed by atoms with van der Waals surface area (Å²) in [5.41, 5.74) is 9.61. The lowest BCUT2D eigenvalue weighted by Crippen LogP contribution is -2.41. The van der Waals surface area contributed by atoms with Crippen molar-refractivity contribution in [2.24, 2.45) is 5.92 Å². The number of hydrogen-bond acceptors (Lipinski definition) is 3. The van der Waals surface area contributed by atoms with E-state index in [0.717, 1.165) is 34.5 Å². The van der Waals surface area contributed by atoms with Gasteiger partial charge in [0.25, 0.3) is 0 Å². The fourth-order valence-electron chi connectivity index (χ4n) is 3.39. The molecule has 0 radical (unpaired) electrons. The van der Waals surface area contributed by atoms with Crippen LogP contribution in [0.3, 0.4) is 0 Å². The predicted molar refractivity (Wildman–Crippen MR) is 103 cm³/mol. The molecule has 2 aromatic rings. The Labute approximate surface area is 146 Å². The van der Waals surface area contributed by atoms with Crippen LogP contribution in [-0.4, -0.2) is 7.05 Å². The Morgan fingerprint density at radius 2 is 2.00 bits per heavy atom. The predicted octanol–water partition coefficient (Wildman–Crippen LogP) is 3.29. The monoisotopic (exact) mass is 337 g/mol. The maximum atomic E-state index is 9.29. The highest BCUT2D eigenvalue weighted by Crippen LogP contribution is 2.41. The summed E-state index contributed by atoms with van der Waals surface area (Å²) in [5, 5.41) is 13.9. The maximum Gasteiger partial charge on any atom is 0.0991 e. The van der Waals surface area contributed by atoms with Gasteiger partial charge in [-0.2, -0.15) is 5.26 Å². The third-order valence-electron chi connectivity index (χ3n) is 5.12. The van der Waals surface area contributed by atoms with Gasteiger partial charge in [-0.25, -0.2) is 0 Å². The van der Waals surface area contributed by atoms with Crippen LogP contribution in [0.5, 0.6) is 0 Å². The van der Waals surface area contributed by atoms with E-state index in [0.29, 0.717) is 5.56 Å². The minimum atomic E-state index is -0.318. The maximum absolute atomic E-state index is 9.29. The number of rotatable bonds is 6. The lowest BCUT2D eigenvalue weighted by Gasteiger charge is -2.36. The van der Waals surface area contributed by atoms with Gasteiger partial charge in [0.05, 0.1) is 17.2 Å². The molecule has 0 spiro atoms. The zero-order valence-corrected chi connectivity index (χ0v) is 15.2. The van der Waals surface area contributed by atoms with Gasteiger partial charge in [-0.3, -0.25) is 0 Å². The minimum absolute atomic E-state index is 0.318. The zero-order valence-electron chi connectivity index (χ0n) is 14.0. The molecule has 2 unspecified atom stereocenters. The van der Waals surface area contributed by atoms with E-state index >= 15 is 0 Å². The first kappa shape index (κ1) is 17.0. The van der Waals surface area contributed by atoms with Gasteiger partial charge in [-0.05, 0) is 60.4 Å². The number of nitrogens with two attached hydrogens (primary N) is 1. The standard InChI is InChI=1S/C20H24N3P/c1-23-20(10-9-14-5-6-14,16-4-2-3-15(11-16)13-21)17-7-8-19(24)18(22)12-17/h2-4,7-8,11-12,14,23H,5-6,9-10,22,24H2,1H3. The molecule has 0 bridgehead atoms. The van der Waals surface area contributed by atoms with Gasteiger partial charge in [0.2, 0.25) is 0 Å². The van der Waals surface area contributed by atoms with Crippen molar-refractivity contribution in [2.75, 3.05) is 12.8 Å². The molecule has 124 valence electrons. The average molecular weight is 337 g/mol. The average Bonchev–Trinajstić information content (AvgIpc) is 3.43. The normalized spacial score (nSPS) is 16.4. The van der Waals surface area contributed by atoms with E-state index in [1.165, 1.54) is 19.3 Å². The lowest BCUT2D eigenvalue weighted by molar-refractivity contribution is 0.382. The molecule has 3 rings (SSSR count). The van der Waals surface area contributed by atoms with Crippen LogP contribution < -0.4 is 16.4 Å². The molecule has 2 atom stereocenters. The summed E-state index contributed by atoms with van der Waals surface area (Å²) >= 11 is 0.